The summed E-state index contributed by atoms with van der Waals surface area (Å²) in [5, 5.41) is 8.61. The van der Waals surface area contributed by atoms with Crippen molar-refractivity contribution >= 4 is 21.6 Å². The van der Waals surface area contributed by atoms with E-state index in [2.05, 4.69) is 10.2 Å². The van der Waals surface area contributed by atoms with Crippen LogP contribution in [0.25, 0.3) is 0 Å². The topological polar surface area (TPSA) is 73.0 Å². The van der Waals surface area contributed by atoms with Crippen LogP contribution in [0, 0.1) is 13.8 Å². The Balaban J connectivity index is 2.40. The van der Waals surface area contributed by atoms with E-state index in [1.165, 1.54) is 17.5 Å². The Bertz CT molecular complexity index is 758. The van der Waals surface area contributed by atoms with Crippen molar-refractivity contribution in [3.05, 3.63) is 28.3 Å². The molecule has 0 radical (unpaired) electrons. The Kier molecular flexibility index (Phi) is 4.14. The molecule has 21 heavy (non-hydrogen) atoms. The highest BCUT2D eigenvalue weighted by atomic mass is 35.5. The zero-order valence-corrected chi connectivity index (χ0v) is 14.2. The number of hydrogen-bond acceptors (Lipinski definition) is 4. The van der Waals surface area contributed by atoms with Crippen LogP contribution in [0.4, 0.5) is 0 Å². The van der Waals surface area contributed by atoms with E-state index in [4.69, 9.17) is 11.6 Å². The van der Waals surface area contributed by atoms with Gasteiger partial charge in [-0.25, -0.2) is 8.42 Å². The summed E-state index contributed by atoms with van der Waals surface area (Å²) < 4.78 is 29.9. The maximum absolute atomic E-state index is 12.7. The predicted octanol–water partition coefficient (Wildman–Crippen LogP) is 1.24. The third kappa shape index (κ3) is 2.70. The average Bonchev–Trinajstić information content (AvgIpc) is 2.83. The predicted molar refractivity (Wildman–Crippen MR) is 79.6 cm³/mol. The zero-order chi connectivity index (χ0) is 15.9. The molecule has 116 valence electrons. The first-order chi connectivity index (χ1) is 9.66. The number of aryl methyl sites for hydroxylation is 3. The molecule has 7 nitrogen and oxygen atoms in total. The van der Waals surface area contributed by atoms with Gasteiger partial charge in [-0.1, -0.05) is 11.6 Å². The third-order valence-corrected chi connectivity index (χ3v) is 5.87. The van der Waals surface area contributed by atoms with Crippen molar-refractivity contribution in [3.8, 4) is 0 Å². The van der Waals surface area contributed by atoms with Crippen molar-refractivity contribution in [1.82, 2.24) is 23.9 Å². The van der Waals surface area contributed by atoms with Gasteiger partial charge in [0.05, 0.1) is 34.8 Å². The van der Waals surface area contributed by atoms with Gasteiger partial charge in [0.25, 0.3) is 0 Å². The van der Waals surface area contributed by atoms with E-state index in [0.717, 1.165) is 0 Å². The molecular weight excluding hydrogens is 314 g/mol. The Morgan fingerprint density at radius 2 is 1.90 bits per heavy atom. The van der Waals surface area contributed by atoms with Crippen molar-refractivity contribution in [1.29, 1.82) is 0 Å². The molecule has 0 aliphatic carbocycles. The van der Waals surface area contributed by atoms with E-state index in [0.29, 0.717) is 22.1 Å². The van der Waals surface area contributed by atoms with Crippen molar-refractivity contribution in [2.75, 3.05) is 7.05 Å². The van der Waals surface area contributed by atoms with Gasteiger partial charge in [-0.3, -0.25) is 9.36 Å². The SMILES string of the molecule is Cc1nn(C)c(C)c1S(=O)(=O)N(C)Cc1c(Cl)cnn1C. The molecule has 0 aromatic carbocycles. The largest absolute Gasteiger partial charge is 0.271 e. The molecule has 0 bridgehead atoms. The summed E-state index contributed by atoms with van der Waals surface area (Å²) in [4.78, 5) is 0.241. The number of aromatic nitrogens is 4. The van der Waals surface area contributed by atoms with E-state index in [-0.39, 0.29) is 11.4 Å². The van der Waals surface area contributed by atoms with Crippen LogP contribution in [0.5, 0.6) is 0 Å². The molecule has 0 aliphatic heterocycles. The number of nitrogens with zero attached hydrogens (tertiary/aromatic N) is 5. The molecule has 2 aromatic heterocycles. The summed E-state index contributed by atoms with van der Waals surface area (Å²) in [6.07, 6.45) is 1.50. The van der Waals surface area contributed by atoms with Crippen LogP contribution >= 0.6 is 11.6 Å². The normalized spacial score (nSPS) is 12.3. The maximum atomic E-state index is 12.7. The first-order valence-corrected chi connectivity index (χ1v) is 8.11. The van der Waals surface area contributed by atoms with E-state index in [9.17, 15) is 8.42 Å². The van der Waals surface area contributed by atoms with E-state index in [1.807, 2.05) is 0 Å². The Morgan fingerprint density at radius 1 is 1.29 bits per heavy atom. The fraction of sp³-hybridized carbons (Fsp3) is 0.500. The van der Waals surface area contributed by atoms with Gasteiger partial charge in [0, 0.05) is 21.1 Å². The Labute approximate surface area is 129 Å². The molecule has 0 spiro atoms. The molecule has 0 aliphatic rings. The lowest BCUT2D eigenvalue weighted by Gasteiger charge is -2.17. The second kappa shape index (κ2) is 5.43. The molecule has 2 rings (SSSR count). The Morgan fingerprint density at radius 3 is 2.33 bits per heavy atom. The van der Waals surface area contributed by atoms with Gasteiger partial charge in [-0.15, -0.1) is 0 Å². The van der Waals surface area contributed by atoms with Crippen LogP contribution < -0.4 is 0 Å². The first-order valence-electron chi connectivity index (χ1n) is 6.29. The fourth-order valence-corrected chi connectivity index (χ4v) is 3.94. The van der Waals surface area contributed by atoms with E-state index < -0.39 is 10.0 Å². The van der Waals surface area contributed by atoms with Gasteiger partial charge < -0.3 is 0 Å². The van der Waals surface area contributed by atoms with Gasteiger partial charge in [0.15, 0.2) is 0 Å². The summed E-state index contributed by atoms with van der Waals surface area (Å²) >= 11 is 6.03. The number of sulfonamides is 1. The highest BCUT2D eigenvalue weighted by molar-refractivity contribution is 7.89. The van der Waals surface area contributed by atoms with Gasteiger partial charge >= 0.3 is 0 Å². The number of hydrogen-bond donors (Lipinski definition) is 0. The first kappa shape index (κ1) is 16.0. The molecular formula is C12H18ClN5O2S. The van der Waals surface area contributed by atoms with Gasteiger partial charge in [-0.05, 0) is 13.8 Å². The average molecular weight is 332 g/mol. The van der Waals surface area contributed by atoms with Crippen molar-refractivity contribution in [2.24, 2.45) is 14.1 Å². The molecule has 0 atom stereocenters. The monoisotopic (exact) mass is 331 g/mol. The minimum absolute atomic E-state index is 0.144. The van der Waals surface area contributed by atoms with Crippen molar-refractivity contribution in [2.45, 2.75) is 25.3 Å². The summed E-state index contributed by atoms with van der Waals surface area (Å²) in [6, 6.07) is 0. The quantitative estimate of drug-likeness (QED) is 0.845. The fourth-order valence-electron chi connectivity index (χ4n) is 2.19. The second-order valence-electron chi connectivity index (χ2n) is 4.95. The highest BCUT2D eigenvalue weighted by Gasteiger charge is 2.29. The number of halogens is 1. The standard InChI is InChI=1S/C12H18ClN5O2S/c1-8-12(9(2)17(4)15-8)21(19,20)16(3)7-11-10(13)6-14-18(11)5/h6H,7H2,1-5H3. The zero-order valence-electron chi connectivity index (χ0n) is 12.6. The van der Waals surface area contributed by atoms with Crippen molar-refractivity contribution in [3.63, 3.8) is 0 Å². The molecule has 2 heterocycles. The van der Waals surface area contributed by atoms with Gasteiger partial charge in [0.2, 0.25) is 10.0 Å². The minimum Gasteiger partial charge on any atom is -0.271 e. The molecule has 2 aromatic rings. The minimum atomic E-state index is -3.64. The molecule has 0 fully saturated rings. The van der Waals surface area contributed by atoms with Crippen molar-refractivity contribution < 1.29 is 8.42 Å². The molecule has 0 saturated heterocycles. The highest BCUT2D eigenvalue weighted by Crippen LogP contribution is 2.24. The van der Waals surface area contributed by atoms with Crippen LogP contribution in [0.3, 0.4) is 0 Å². The van der Waals surface area contributed by atoms with Crippen LogP contribution in [0.1, 0.15) is 17.1 Å². The number of rotatable bonds is 4. The molecule has 0 amide bonds. The Hall–Kier alpha value is -1.38. The van der Waals surface area contributed by atoms with Gasteiger partial charge in [0.1, 0.15) is 4.90 Å². The smallest absolute Gasteiger partial charge is 0.246 e. The van der Waals surface area contributed by atoms with Crippen LogP contribution in [-0.4, -0.2) is 39.3 Å². The van der Waals surface area contributed by atoms with E-state index in [1.54, 1.807) is 37.3 Å². The lowest BCUT2D eigenvalue weighted by Crippen LogP contribution is -2.28. The van der Waals surface area contributed by atoms with Crippen LogP contribution in [0.2, 0.25) is 5.02 Å². The lowest BCUT2D eigenvalue weighted by atomic mass is 10.4. The maximum Gasteiger partial charge on any atom is 0.246 e. The summed E-state index contributed by atoms with van der Waals surface area (Å²) in [7, 11) is 1.33. The molecule has 0 N–H and O–H groups in total. The molecule has 0 unspecified atom stereocenters. The summed E-state index contributed by atoms with van der Waals surface area (Å²) in [6.45, 7) is 3.56. The molecule has 0 saturated carbocycles. The second-order valence-corrected chi connectivity index (χ2v) is 7.34. The third-order valence-electron chi connectivity index (χ3n) is 3.49. The van der Waals surface area contributed by atoms with Gasteiger partial charge in [-0.2, -0.15) is 14.5 Å². The van der Waals surface area contributed by atoms with Crippen LogP contribution in [0.15, 0.2) is 11.1 Å². The van der Waals surface area contributed by atoms with Crippen LogP contribution in [-0.2, 0) is 30.7 Å². The van der Waals surface area contributed by atoms with E-state index >= 15 is 0 Å². The summed E-state index contributed by atoms with van der Waals surface area (Å²) in [5.74, 6) is 0. The summed E-state index contributed by atoms with van der Waals surface area (Å²) in [5.41, 5.74) is 1.73. The molecule has 9 heteroatoms. The lowest BCUT2D eigenvalue weighted by molar-refractivity contribution is 0.452.